The quantitative estimate of drug-likeness (QED) is 0.644. The second-order valence-electron chi connectivity index (χ2n) is 7.03. The Morgan fingerprint density at radius 1 is 1.14 bits per heavy atom. The number of hydrogen-bond donors (Lipinski definition) is 1. The van der Waals surface area contributed by atoms with Crippen molar-refractivity contribution in [3.05, 3.63) is 27.7 Å². The van der Waals surface area contributed by atoms with Gasteiger partial charge in [-0.2, -0.15) is 0 Å². The Morgan fingerprint density at radius 3 is 2.39 bits per heavy atom. The van der Waals surface area contributed by atoms with Crippen LogP contribution in [0.3, 0.4) is 0 Å². The molecule has 0 bridgehead atoms. The van der Waals surface area contributed by atoms with E-state index in [2.05, 4.69) is 4.72 Å². The summed E-state index contributed by atoms with van der Waals surface area (Å²) in [5.41, 5.74) is -0.164. The third kappa shape index (κ3) is 6.07. The van der Waals surface area contributed by atoms with Gasteiger partial charge in [0, 0.05) is 19.6 Å². The first-order valence-corrected chi connectivity index (χ1v) is 11.3. The third-order valence-electron chi connectivity index (χ3n) is 4.25. The molecule has 1 aliphatic rings. The Bertz CT molecular complexity index is 837. The Balaban J connectivity index is 2.13. The number of amides is 1. The number of ether oxygens (including phenoxy) is 1. The predicted octanol–water partition coefficient (Wildman–Crippen LogP) is 3.10. The normalized spacial score (nSPS) is 15.0. The summed E-state index contributed by atoms with van der Waals surface area (Å²) in [6.07, 6.45) is 2.92. The van der Waals surface area contributed by atoms with Gasteiger partial charge in [-0.1, -0.05) is 37.0 Å². The lowest BCUT2D eigenvalue weighted by Gasteiger charge is -2.26. The maximum absolute atomic E-state index is 12.5. The summed E-state index contributed by atoms with van der Waals surface area (Å²) in [7, 11) is -3.93. The van der Waals surface area contributed by atoms with Crippen LogP contribution in [0.5, 0.6) is 0 Å². The van der Waals surface area contributed by atoms with E-state index >= 15 is 0 Å². The van der Waals surface area contributed by atoms with Crippen molar-refractivity contribution in [3.63, 3.8) is 0 Å². The monoisotopic (exact) mass is 450 g/mol. The fourth-order valence-corrected chi connectivity index (χ4v) is 4.75. The molecular formula is C18H24Cl2N2O5S. The van der Waals surface area contributed by atoms with Gasteiger partial charge in [0.25, 0.3) is 5.91 Å². The van der Waals surface area contributed by atoms with Gasteiger partial charge in [0.05, 0.1) is 15.6 Å². The smallest absolute Gasteiger partial charge is 0.340 e. The second kappa shape index (κ2) is 9.91. The summed E-state index contributed by atoms with van der Waals surface area (Å²) in [6.45, 7) is 4.78. The molecular weight excluding hydrogens is 427 g/mol. The van der Waals surface area contributed by atoms with Gasteiger partial charge in [-0.05, 0) is 37.3 Å². The zero-order chi connectivity index (χ0) is 20.9. The molecule has 0 spiro atoms. The summed E-state index contributed by atoms with van der Waals surface area (Å²) in [4.78, 5) is 25.9. The molecule has 1 fully saturated rings. The Hall–Kier alpha value is -1.35. The molecule has 156 valence electrons. The number of rotatable bonds is 7. The molecule has 0 saturated carbocycles. The molecule has 1 amide bonds. The van der Waals surface area contributed by atoms with Crippen molar-refractivity contribution in [3.8, 4) is 0 Å². The SMILES string of the molecule is CC(C)CNS(=O)(=O)c1cc(C(=O)OCC(=O)N2CCCCC2)c(Cl)cc1Cl. The van der Waals surface area contributed by atoms with E-state index in [9.17, 15) is 18.0 Å². The summed E-state index contributed by atoms with van der Waals surface area (Å²) < 4.78 is 32.4. The molecule has 1 N–H and O–H groups in total. The van der Waals surface area contributed by atoms with Crippen LogP contribution in [-0.4, -0.2) is 51.4 Å². The highest BCUT2D eigenvalue weighted by Crippen LogP contribution is 2.29. The largest absolute Gasteiger partial charge is 0.452 e. The van der Waals surface area contributed by atoms with E-state index < -0.39 is 22.6 Å². The highest BCUT2D eigenvalue weighted by atomic mass is 35.5. The molecule has 1 saturated heterocycles. The molecule has 1 aliphatic heterocycles. The number of carbonyl (C=O) groups excluding carboxylic acids is 2. The molecule has 0 aromatic heterocycles. The van der Waals surface area contributed by atoms with Gasteiger partial charge in [0.2, 0.25) is 10.0 Å². The zero-order valence-electron chi connectivity index (χ0n) is 15.8. The van der Waals surface area contributed by atoms with Crippen LogP contribution in [0.1, 0.15) is 43.5 Å². The number of nitrogens with zero attached hydrogens (tertiary/aromatic N) is 1. The van der Waals surface area contributed by atoms with Crippen molar-refractivity contribution in [1.82, 2.24) is 9.62 Å². The van der Waals surface area contributed by atoms with Gasteiger partial charge < -0.3 is 9.64 Å². The topological polar surface area (TPSA) is 92.8 Å². The number of halogens is 2. The average Bonchev–Trinajstić information content (AvgIpc) is 2.64. The fourth-order valence-electron chi connectivity index (χ4n) is 2.69. The number of benzene rings is 1. The number of nitrogens with one attached hydrogen (secondary N) is 1. The summed E-state index contributed by atoms with van der Waals surface area (Å²) >= 11 is 12.1. The first-order chi connectivity index (χ1) is 13.1. The Kier molecular flexibility index (Phi) is 8.12. The Morgan fingerprint density at radius 2 is 1.79 bits per heavy atom. The number of hydrogen-bond acceptors (Lipinski definition) is 5. The van der Waals surface area contributed by atoms with Crippen LogP contribution >= 0.6 is 23.2 Å². The van der Waals surface area contributed by atoms with E-state index in [-0.39, 0.29) is 38.9 Å². The number of esters is 1. The molecule has 0 radical (unpaired) electrons. The molecule has 1 heterocycles. The first kappa shape index (κ1) is 22.9. The highest BCUT2D eigenvalue weighted by Gasteiger charge is 2.24. The molecule has 1 aromatic rings. The van der Waals surface area contributed by atoms with Crippen molar-refractivity contribution >= 4 is 45.1 Å². The number of piperidine rings is 1. The lowest BCUT2D eigenvalue weighted by Crippen LogP contribution is -2.38. The predicted molar refractivity (Wildman–Crippen MR) is 107 cm³/mol. The van der Waals surface area contributed by atoms with Crippen LogP contribution in [0.25, 0.3) is 0 Å². The lowest BCUT2D eigenvalue weighted by molar-refractivity contribution is -0.135. The average molecular weight is 451 g/mol. The maximum atomic E-state index is 12.5. The molecule has 0 atom stereocenters. The first-order valence-electron chi connectivity index (χ1n) is 9.05. The maximum Gasteiger partial charge on any atom is 0.340 e. The minimum atomic E-state index is -3.93. The van der Waals surface area contributed by atoms with Gasteiger partial charge in [0.15, 0.2) is 6.61 Å². The standard InChI is InChI=1S/C18H24Cl2N2O5S/c1-12(2)10-21-28(25,26)16-8-13(14(19)9-15(16)20)18(24)27-11-17(23)22-6-4-3-5-7-22/h8-9,12,21H,3-7,10-11H2,1-2H3. The summed E-state index contributed by atoms with van der Waals surface area (Å²) in [5.74, 6) is -1.08. The van der Waals surface area contributed by atoms with Gasteiger partial charge in [0.1, 0.15) is 4.90 Å². The number of likely N-dealkylation sites (tertiary alicyclic amines) is 1. The highest BCUT2D eigenvalue weighted by molar-refractivity contribution is 7.89. The number of sulfonamides is 1. The van der Waals surface area contributed by atoms with Gasteiger partial charge >= 0.3 is 5.97 Å². The fraction of sp³-hybridized carbons (Fsp3) is 0.556. The molecule has 7 nitrogen and oxygen atoms in total. The minimum absolute atomic E-state index is 0.0526. The van der Waals surface area contributed by atoms with Gasteiger partial charge in [-0.3, -0.25) is 4.79 Å². The Labute approximate surface area is 175 Å². The van der Waals surface area contributed by atoms with Crippen LogP contribution in [0, 0.1) is 5.92 Å². The van der Waals surface area contributed by atoms with Crippen LogP contribution in [0.15, 0.2) is 17.0 Å². The van der Waals surface area contributed by atoms with Crippen LogP contribution in [-0.2, 0) is 19.6 Å². The molecule has 1 aromatic carbocycles. The van der Waals surface area contributed by atoms with Gasteiger partial charge in [-0.15, -0.1) is 0 Å². The second-order valence-corrected chi connectivity index (χ2v) is 9.58. The van der Waals surface area contributed by atoms with Crippen LogP contribution in [0.4, 0.5) is 0 Å². The van der Waals surface area contributed by atoms with Crippen molar-refractivity contribution in [2.45, 2.75) is 38.0 Å². The van der Waals surface area contributed by atoms with E-state index in [1.54, 1.807) is 4.90 Å². The third-order valence-corrected chi connectivity index (χ3v) is 6.45. The molecule has 2 rings (SSSR count). The van der Waals surface area contributed by atoms with Gasteiger partial charge in [-0.25, -0.2) is 17.9 Å². The van der Waals surface area contributed by atoms with E-state index in [0.717, 1.165) is 25.3 Å². The summed E-state index contributed by atoms with van der Waals surface area (Å²) in [6, 6.07) is 2.25. The van der Waals surface area contributed by atoms with Crippen molar-refractivity contribution < 1.29 is 22.7 Å². The molecule has 0 unspecified atom stereocenters. The van der Waals surface area contributed by atoms with Crippen LogP contribution in [0.2, 0.25) is 10.0 Å². The summed E-state index contributed by atoms with van der Waals surface area (Å²) in [5, 5.41) is -0.162. The van der Waals surface area contributed by atoms with Crippen molar-refractivity contribution in [2.24, 2.45) is 5.92 Å². The molecule has 10 heteroatoms. The van der Waals surface area contributed by atoms with E-state index in [0.29, 0.717) is 13.1 Å². The lowest BCUT2D eigenvalue weighted by atomic mass is 10.1. The van der Waals surface area contributed by atoms with E-state index in [1.807, 2.05) is 13.8 Å². The molecule has 0 aliphatic carbocycles. The van der Waals surface area contributed by atoms with Crippen molar-refractivity contribution in [1.29, 1.82) is 0 Å². The molecule has 28 heavy (non-hydrogen) atoms. The minimum Gasteiger partial charge on any atom is -0.452 e. The van der Waals surface area contributed by atoms with E-state index in [1.165, 1.54) is 6.07 Å². The number of carbonyl (C=O) groups is 2. The zero-order valence-corrected chi connectivity index (χ0v) is 18.2. The van der Waals surface area contributed by atoms with Crippen LogP contribution < -0.4 is 4.72 Å². The van der Waals surface area contributed by atoms with Crippen molar-refractivity contribution in [2.75, 3.05) is 26.2 Å². The van der Waals surface area contributed by atoms with E-state index in [4.69, 9.17) is 27.9 Å².